The topological polar surface area (TPSA) is 72.6 Å². The van der Waals surface area contributed by atoms with Gasteiger partial charge in [0.1, 0.15) is 5.52 Å². The minimum atomic E-state index is -0.554. The van der Waals surface area contributed by atoms with Crippen LogP contribution in [0.4, 0.5) is 0 Å². The molecule has 3 aromatic rings. The van der Waals surface area contributed by atoms with E-state index in [0.717, 1.165) is 37.7 Å². The standard InChI is InChI=1S/C23H24N2O4/c1-2-16-9-7-8-14-25(16)21(26)15-28-23(27)18-11-4-3-10-17(18)22-24-19-12-5-6-13-20(19)29-22/h3-6,10-13,16H,2,7-9,14-15H2,1H3. The molecule has 0 bridgehead atoms. The lowest BCUT2D eigenvalue weighted by atomic mass is 10.00. The normalized spacial score (nSPS) is 16.7. The number of nitrogens with zero attached hydrogens (tertiary/aromatic N) is 2. The Hall–Kier alpha value is -3.15. The zero-order valence-electron chi connectivity index (χ0n) is 16.5. The summed E-state index contributed by atoms with van der Waals surface area (Å²) >= 11 is 0. The van der Waals surface area contributed by atoms with Crippen LogP contribution in [0.25, 0.3) is 22.6 Å². The quantitative estimate of drug-likeness (QED) is 0.600. The molecular formula is C23H24N2O4. The van der Waals surface area contributed by atoms with Gasteiger partial charge in [-0.1, -0.05) is 31.2 Å². The van der Waals surface area contributed by atoms with Crippen LogP contribution in [0.3, 0.4) is 0 Å². The first-order valence-electron chi connectivity index (χ1n) is 10.1. The maximum atomic E-state index is 12.7. The summed E-state index contributed by atoms with van der Waals surface area (Å²) in [5.74, 6) is -0.335. The van der Waals surface area contributed by atoms with Gasteiger partial charge in [-0.05, 0) is 49.9 Å². The van der Waals surface area contributed by atoms with Crippen molar-refractivity contribution in [3.63, 3.8) is 0 Å². The van der Waals surface area contributed by atoms with Gasteiger partial charge < -0.3 is 14.1 Å². The number of piperidine rings is 1. The van der Waals surface area contributed by atoms with Crippen LogP contribution in [-0.2, 0) is 9.53 Å². The summed E-state index contributed by atoms with van der Waals surface area (Å²) in [6.45, 7) is 2.56. The van der Waals surface area contributed by atoms with Crippen LogP contribution in [0.15, 0.2) is 52.9 Å². The van der Waals surface area contributed by atoms with E-state index in [1.54, 1.807) is 18.2 Å². The molecule has 6 heteroatoms. The van der Waals surface area contributed by atoms with Crippen molar-refractivity contribution >= 4 is 23.0 Å². The second-order valence-corrected chi connectivity index (χ2v) is 7.25. The van der Waals surface area contributed by atoms with E-state index in [2.05, 4.69) is 11.9 Å². The highest BCUT2D eigenvalue weighted by Gasteiger charge is 2.26. The number of hydrogen-bond donors (Lipinski definition) is 0. The van der Waals surface area contributed by atoms with Crippen molar-refractivity contribution in [1.82, 2.24) is 9.88 Å². The van der Waals surface area contributed by atoms with Crippen LogP contribution >= 0.6 is 0 Å². The molecule has 1 aliphatic heterocycles. The fraction of sp³-hybridized carbons (Fsp3) is 0.348. The number of ether oxygens (including phenoxy) is 1. The third kappa shape index (κ3) is 4.01. The molecule has 1 aromatic heterocycles. The van der Waals surface area contributed by atoms with Crippen LogP contribution in [0.5, 0.6) is 0 Å². The highest BCUT2D eigenvalue weighted by atomic mass is 16.5. The summed E-state index contributed by atoms with van der Waals surface area (Å²) < 4.78 is 11.2. The fourth-order valence-electron chi connectivity index (χ4n) is 3.88. The van der Waals surface area contributed by atoms with Gasteiger partial charge in [0.25, 0.3) is 5.91 Å². The molecule has 0 spiro atoms. The molecule has 150 valence electrons. The highest BCUT2D eigenvalue weighted by Crippen LogP contribution is 2.27. The Morgan fingerprint density at radius 3 is 2.76 bits per heavy atom. The summed E-state index contributed by atoms with van der Waals surface area (Å²) in [6, 6.07) is 14.7. The summed E-state index contributed by atoms with van der Waals surface area (Å²) in [6.07, 6.45) is 4.06. The van der Waals surface area contributed by atoms with Crippen molar-refractivity contribution in [2.24, 2.45) is 0 Å². The molecule has 2 heterocycles. The van der Waals surface area contributed by atoms with Gasteiger partial charge in [0, 0.05) is 12.6 Å². The van der Waals surface area contributed by atoms with Gasteiger partial charge in [-0.3, -0.25) is 4.79 Å². The number of para-hydroxylation sites is 2. The van der Waals surface area contributed by atoms with Gasteiger partial charge in [0.15, 0.2) is 12.2 Å². The summed E-state index contributed by atoms with van der Waals surface area (Å²) in [5, 5.41) is 0. The third-order valence-electron chi connectivity index (χ3n) is 5.42. The van der Waals surface area contributed by atoms with Crippen LogP contribution in [0.1, 0.15) is 43.0 Å². The monoisotopic (exact) mass is 392 g/mol. The Balaban J connectivity index is 1.50. The molecule has 4 rings (SSSR count). The second-order valence-electron chi connectivity index (χ2n) is 7.25. The maximum absolute atomic E-state index is 12.7. The number of rotatable bonds is 5. The number of fused-ring (bicyclic) bond motifs is 1. The van der Waals surface area contributed by atoms with Crippen molar-refractivity contribution in [3.8, 4) is 11.5 Å². The molecule has 6 nitrogen and oxygen atoms in total. The van der Waals surface area contributed by atoms with Gasteiger partial charge in [0.2, 0.25) is 5.89 Å². The number of carbonyl (C=O) groups excluding carboxylic acids is 2. The lowest BCUT2D eigenvalue weighted by Gasteiger charge is -2.35. The number of likely N-dealkylation sites (tertiary alicyclic amines) is 1. The number of carbonyl (C=O) groups is 2. The van der Waals surface area contributed by atoms with E-state index < -0.39 is 5.97 Å². The first-order valence-corrected chi connectivity index (χ1v) is 10.1. The molecule has 1 saturated heterocycles. The molecule has 0 N–H and O–H groups in total. The minimum absolute atomic E-state index is 0.135. The predicted octanol–water partition coefficient (Wildman–Crippen LogP) is 4.44. The molecular weight excluding hydrogens is 368 g/mol. The highest BCUT2D eigenvalue weighted by molar-refractivity contribution is 5.97. The third-order valence-corrected chi connectivity index (χ3v) is 5.42. The van der Waals surface area contributed by atoms with E-state index in [1.165, 1.54) is 0 Å². The molecule has 0 saturated carbocycles. The Bertz CT molecular complexity index is 993. The molecule has 1 unspecified atom stereocenters. The number of oxazole rings is 1. The number of hydrogen-bond acceptors (Lipinski definition) is 5. The van der Waals surface area contributed by atoms with Crippen molar-refractivity contribution < 1.29 is 18.7 Å². The van der Waals surface area contributed by atoms with Crippen molar-refractivity contribution in [2.45, 2.75) is 38.6 Å². The van der Waals surface area contributed by atoms with Crippen LogP contribution < -0.4 is 0 Å². The van der Waals surface area contributed by atoms with Gasteiger partial charge in [-0.25, -0.2) is 9.78 Å². The second kappa shape index (κ2) is 8.47. The molecule has 2 aromatic carbocycles. The van der Waals surface area contributed by atoms with Gasteiger partial charge in [-0.2, -0.15) is 0 Å². The van der Waals surface area contributed by atoms with Crippen LogP contribution in [0.2, 0.25) is 0 Å². The maximum Gasteiger partial charge on any atom is 0.339 e. The Morgan fingerprint density at radius 1 is 1.14 bits per heavy atom. The van der Waals surface area contributed by atoms with Crippen LogP contribution in [-0.4, -0.2) is 41.0 Å². The summed E-state index contributed by atoms with van der Waals surface area (Å²) in [7, 11) is 0. The average molecular weight is 392 g/mol. The van der Waals surface area contributed by atoms with Gasteiger partial charge >= 0.3 is 5.97 Å². The molecule has 0 radical (unpaired) electrons. The van der Waals surface area contributed by atoms with Gasteiger partial charge in [0.05, 0.1) is 11.1 Å². The number of amides is 1. The van der Waals surface area contributed by atoms with E-state index in [1.807, 2.05) is 35.2 Å². The fourth-order valence-corrected chi connectivity index (χ4v) is 3.88. The largest absolute Gasteiger partial charge is 0.452 e. The number of esters is 1. The minimum Gasteiger partial charge on any atom is -0.452 e. The van der Waals surface area contributed by atoms with Crippen LogP contribution in [0, 0.1) is 0 Å². The lowest BCUT2D eigenvalue weighted by Crippen LogP contribution is -2.45. The predicted molar refractivity (Wildman–Crippen MR) is 109 cm³/mol. The van der Waals surface area contributed by atoms with E-state index >= 15 is 0 Å². The SMILES string of the molecule is CCC1CCCCN1C(=O)COC(=O)c1ccccc1-c1nc2ccccc2o1. The Kier molecular flexibility index (Phi) is 5.60. The van der Waals surface area contributed by atoms with Crippen molar-refractivity contribution in [1.29, 1.82) is 0 Å². The van der Waals surface area contributed by atoms with Gasteiger partial charge in [-0.15, -0.1) is 0 Å². The first-order chi connectivity index (χ1) is 14.2. The Labute approximate surface area is 169 Å². The Morgan fingerprint density at radius 2 is 1.93 bits per heavy atom. The van der Waals surface area contributed by atoms with E-state index in [9.17, 15) is 9.59 Å². The molecule has 29 heavy (non-hydrogen) atoms. The smallest absolute Gasteiger partial charge is 0.339 e. The van der Waals surface area contributed by atoms with E-state index in [-0.39, 0.29) is 18.6 Å². The first kappa shape index (κ1) is 19.2. The molecule has 1 aliphatic rings. The number of benzene rings is 2. The van der Waals surface area contributed by atoms with E-state index in [0.29, 0.717) is 22.6 Å². The lowest BCUT2D eigenvalue weighted by molar-refractivity contribution is -0.138. The molecule has 1 amide bonds. The summed E-state index contributed by atoms with van der Waals surface area (Å²) in [4.78, 5) is 31.6. The van der Waals surface area contributed by atoms with Crippen molar-refractivity contribution in [2.75, 3.05) is 13.2 Å². The molecule has 1 atom stereocenters. The van der Waals surface area contributed by atoms with E-state index in [4.69, 9.17) is 9.15 Å². The summed E-state index contributed by atoms with van der Waals surface area (Å²) in [5.41, 5.74) is 2.25. The molecule has 1 fully saturated rings. The zero-order chi connectivity index (χ0) is 20.2. The number of aromatic nitrogens is 1. The molecule has 0 aliphatic carbocycles. The average Bonchev–Trinajstić information content (AvgIpc) is 3.21. The van der Waals surface area contributed by atoms with Crippen molar-refractivity contribution in [3.05, 3.63) is 54.1 Å². The zero-order valence-corrected chi connectivity index (χ0v) is 16.5.